The van der Waals surface area contributed by atoms with Crippen LogP contribution < -0.4 is 5.73 Å². The summed E-state index contributed by atoms with van der Waals surface area (Å²) in [5, 5.41) is 1.06. The van der Waals surface area contributed by atoms with Gasteiger partial charge in [-0.2, -0.15) is 0 Å². The van der Waals surface area contributed by atoms with Gasteiger partial charge in [-0.25, -0.2) is 8.42 Å². The Bertz CT molecular complexity index is 969. The number of sulfone groups is 1. The van der Waals surface area contributed by atoms with Gasteiger partial charge in [0.15, 0.2) is 9.84 Å². The Balaban J connectivity index is 0.00000320. The van der Waals surface area contributed by atoms with Crippen LogP contribution in [0.25, 0.3) is 0 Å². The summed E-state index contributed by atoms with van der Waals surface area (Å²) in [5.74, 6) is 0.0771. The van der Waals surface area contributed by atoms with Crippen molar-refractivity contribution < 1.29 is 12.8 Å². The zero-order valence-electron chi connectivity index (χ0n) is 16.6. The summed E-state index contributed by atoms with van der Waals surface area (Å²) in [4.78, 5) is 0. The SMILES string of the molecule is Cl.NC1CCc2ccc(CCS(=O)(=O)CCCF)cc2C1Cc1ccc(Cl)c(Cl)c1. The second kappa shape index (κ2) is 11.1. The maximum atomic E-state index is 12.3. The molecule has 2 atom stereocenters. The second-order valence-corrected chi connectivity index (χ2v) is 10.9. The number of halogens is 4. The van der Waals surface area contributed by atoms with E-state index in [1.54, 1.807) is 6.07 Å². The van der Waals surface area contributed by atoms with Crippen LogP contribution in [0.3, 0.4) is 0 Å². The first-order valence-corrected chi connectivity index (χ1v) is 12.4. The minimum Gasteiger partial charge on any atom is -0.327 e. The number of alkyl halides is 1. The van der Waals surface area contributed by atoms with Crippen molar-refractivity contribution in [2.75, 3.05) is 18.2 Å². The molecule has 8 heteroatoms. The molecule has 2 N–H and O–H groups in total. The monoisotopic (exact) mass is 493 g/mol. The minimum absolute atomic E-state index is 0. The van der Waals surface area contributed by atoms with Crippen molar-refractivity contribution in [2.24, 2.45) is 5.73 Å². The molecule has 0 aromatic heterocycles. The van der Waals surface area contributed by atoms with Gasteiger partial charge in [0.1, 0.15) is 0 Å². The number of hydrogen-bond acceptors (Lipinski definition) is 3. The second-order valence-electron chi connectivity index (χ2n) is 7.74. The fourth-order valence-electron chi connectivity index (χ4n) is 3.96. The van der Waals surface area contributed by atoms with Crippen molar-refractivity contribution in [1.82, 2.24) is 0 Å². The Kier molecular flexibility index (Phi) is 9.44. The molecule has 30 heavy (non-hydrogen) atoms. The fourth-order valence-corrected chi connectivity index (χ4v) is 5.58. The molecule has 2 unspecified atom stereocenters. The highest BCUT2D eigenvalue weighted by Crippen LogP contribution is 2.35. The van der Waals surface area contributed by atoms with Crippen LogP contribution in [0.15, 0.2) is 36.4 Å². The lowest BCUT2D eigenvalue weighted by Crippen LogP contribution is -2.34. The quantitative estimate of drug-likeness (QED) is 0.539. The van der Waals surface area contributed by atoms with Gasteiger partial charge >= 0.3 is 0 Å². The van der Waals surface area contributed by atoms with Gasteiger partial charge in [0.05, 0.1) is 28.2 Å². The average molecular weight is 495 g/mol. The summed E-state index contributed by atoms with van der Waals surface area (Å²) in [6, 6.07) is 11.9. The Morgan fingerprint density at radius 3 is 2.47 bits per heavy atom. The zero-order valence-corrected chi connectivity index (χ0v) is 19.8. The lowest BCUT2D eigenvalue weighted by atomic mass is 9.76. The van der Waals surface area contributed by atoms with Crippen molar-refractivity contribution in [3.63, 3.8) is 0 Å². The van der Waals surface area contributed by atoms with Gasteiger partial charge in [0.25, 0.3) is 0 Å². The molecule has 3 nitrogen and oxygen atoms in total. The van der Waals surface area contributed by atoms with Crippen LogP contribution in [0.5, 0.6) is 0 Å². The zero-order chi connectivity index (χ0) is 21.0. The van der Waals surface area contributed by atoms with Crippen LogP contribution in [-0.2, 0) is 29.1 Å². The Hall–Kier alpha value is -0.850. The lowest BCUT2D eigenvalue weighted by Gasteiger charge is -2.32. The number of aryl methyl sites for hydroxylation is 2. The van der Waals surface area contributed by atoms with Gasteiger partial charge < -0.3 is 5.73 Å². The molecule has 0 bridgehead atoms. The van der Waals surface area contributed by atoms with Crippen LogP contribution in [0, 0.1) is 0 Å². The molecule has 2 aromatic carbocycles. The van der Waals surface area contributed by atoms with E-state index in [0.717, 1.165) is 30.4 Å². The molecular weight excluding hydrogens is 468 g/mol. The lowest BCUT2D eigenvalue weighted by molar-refractivity contribution is 0.467. The maximum absolute atomic E-state index is 12.3. The van der Waals surface area contributed by atoms with Crippen molar-refractivity contribution in [1.29, 1.82) is 0 Å². The molecule has 2 aromatic rings. The van der Waals surface area contributed by atoms with E-state index in [-0.39, 0.29) is 42.3 Å². The molecular formula is C22H27Cl3FNO2S. The first kappa shape index (κ1) is 25.4. The standard InChI is InChI=1S/C22H26Cl2FNO2S.ClH/c23-20-6-3-16(14-21(20)24)13-19-18-12-15(2-4-17(18)5-7-22(19)26)8-11-29(27,28)10-1-9-25;/h2-4,6,12,14,19,22H,1,5,7-11,13,26H2;1H. The summed E-state index contributed by atoms with van der Waals surface area (Å²) in [6.45, 7) is -0.605. The average Bonchev–Trinajstić information content (AvgIpc) is 2.70. The summed E-state index contributed by atoms with van der Waals surface area (Å²) in [7, 11) is -3.24. The summed E-state index contributed by atoms with van der Waals surface area (Å²) in [5.41, 5.74) is 11.0. The Labute approximate surface area is 194 Å². The van der Waals surface area contributed by atoms with Crippen LogP contribution >= 0.6 is 35.6 Å². The van der Waals surface area contributed by atoms with Gasteiger partial charge in [-0.05, 0) is 66.5 Å². The number of fused-ring (bicyclic) bond motifs is 1. The largest absolute Gasteiger partial charge is 0.327 e. The van der Waals surface area contributed by atoms with Gasteiger partial charge in [-0.15, -0.1) is 12.4 Å². The fraction of sp³-hybridized carbons (Fsp3) is 0.455. The minimum atomic E-state index is -3.24. The van der Waals surface area contributed by atoms with Crippen LogP contribution in [0.2, 0.25) is 10.0 Å². The van der Waals surface area contributed by atoms with Crippen molar-refractivity contribution in [3.8, 4) is 0 Å². The highest BCUT2D eigenvalue weighted by molar-refractivity contribution is 7.91. The summed E-state index contributed by atoms with van der Waals surface area (Å²) in [6.07, 6.45) is 3.08. The van der Waals surface area contributed by atoms with Gasteiger partial charge in [0.2, 0.25) is 0 Å². The predicted molar refractivity (Wildman–Crippen MR) is 126 cm³/mol. The smallest absolute Gasteiger partial charge is 0.150 e. The van der Waals surface area contributed by atoms with E-state index < -0.39 is 16.5 Å². The van der Waals surface area contributed by atoms with E-state index in [9.17, 15) is 12.8 Å². The highest BCUT2D eigenvalue weighted by atomic mass is 35.5. The third kappa shape index (κ3) is 6.57. The van der Waals surface area contributed by atoms with Crippen molar-refractivity contribution in [2.45, 2.75) is 44.1 Å². The molecule has 0 fully saturated rings. The van der Waals surface area contributed by atoms with Crippen LogP contribution in [-0.4, -0.2) is 32.6 Å². The predicted octanol–water partition coefficient (Wildman–Crippen LogP) is 5.33. The molecule has 1 aliphatic rings. The van der Waals surface area contributed by atoms with Crippen molar-refractivity contribution >= 4 is 45.4 Å². The van der Waals surface area contributed by atoms with Gasteiger partial charge in [-0.1, -0.05) is 47.5 Å². The molecule has 0 aliphatic heterocycles. The van der Waals surface area contributed by atoms with Crippen LogP contribution in [0.4, 0.5) is 4.39 Å². The number of rotatable bonds is 8. The maximum Gasteiger partial charge on any atom is 0.150 e. The number of hydrogen-bond donors (Lipinski definition) is 1. The highest BCUT2D eigenvalue weighted by Gasteiger charge is 2.27. The first-order valence-electron chi connectivity index (χ1n) is 9.86. The molecule has 0 saturated heterocycles. The first-order chi connectivity index (χ1) is 13.8. The Morgan fingerprint density at radius 1 is 1.03 bits per heavy atom. The third-order valence-corrected chi connectivity index (χ3v) is 8.08. The molecule has 3 rings (SSSR count). The Morgan fingerprint density at radius 2 is 1.77 bits per heavy atom. The van der Waals surface area contributed by atoms with E-state index in [4.69, 9.17) is 28.9 Å². The summed E-state index contributed by atoms with van der Waals surface area (Å²) < 4.78 is 36.4. The molecule has 0 radical (unpaired) electrons. The van der Waals surface area contributed by atoms with E-state index >= 15 is 0 Å². The summed E-state index contributed by atoms with van der Waals surface area (Å²) >= 11 is 12.2. The van der Waals surface area contributed by atoms with Gasteiger partial charge in [-0.3, -0.25) is 4.39 Å². The van der Waals surface area contributed by atoms with E-state index in [1.807, 2.05) is 18.2 Å². The van der Waals surface area contributed by atoms with E-state index in [0.29, 0.717) is 16.5 Å². The molecule has 0 amide bonds. The molecule has 0 heterocycles. The molecule has 0 spiro atoms. The topological polar surface area (TPSA) is 60.2 Å². The van der Waals surface area contributed by atoms with Gasteiger partial charge in [0, 0.05) is 12.0 Å². The number of benzene rings is 2. The van der Waals surface area contributed by atoms with E-state index in [2.05, 4.69) is 12.1 Å². The van der Waals surface area contributed by atoms with E-state index in [1.165, 1.54) is 11.1 Å². The molecule has 1 aliphatic carbocycles. The van der Waals surface area contributed by atoms with Crippen molar-refractivity contribution in [3.05, 3.63) is 68.7 Å². The molecule has 166 valence electrons. The normalized spacial score (nSPS) is 18.5. The third-order valence-electron chi connectivity index (χ3n) is 5.60. The number of nitrogens with two attached hydrogens (primary N) is 1. The van der Waals surface area contributed by atoms with Crippen LogP contribution in [0.1, 0.15) is 41.0 Å². The molecule has 0 saturated carbocycles.